The predicted molar refractivity (Wildman–Crippen MR) is 96.2 cm³/mol. The molecule has 0 aromatic heterocycles. The fraction of sp³-hybridized carbons (Fsp3) is 0.857. The summed E-state index contributed by atoms with van der Waals surface area (Å²) in [5.74, 6) is 0.549. The summed E-state index contributed by atoms with van der Waals surface area (Å²) in [6.07, 6.45) is 2.07. The second-order valence-electron chi connectivity index (χ2n) is 6.14. The molecule has 0 unspecified atom stereocenters. The van der Waals surface area contributed by atoms with Crippen molar-refractivity contribution in [3.05, 3.63) is 0 Å². The number of halogens is 1. The summed E-state index contributed by atoms with van der Waals surface area (Å²) in [5.41, 5.74) is 5.43. The van der Waals surface area contributed by atoms with Crippen molar-refractivity contribution in [2.45, 2.75) is 52.2 Å². The zero-order chi connectivity index (χ0) is 15.3. The highest BCUT2D eigenvalue weighted by molar-refractivity contribution is 14.0. The van der Waals surface area contributed by atoms with Gasteiger partial charge in [-0.2, -0.15) is 0 Å². The van der Waals surface area contributed by atoms with Crippen LogP contribution in [0.3, 0.4) is 0 Å². The topological polar surface area (TPSA) is 71.2 Å². The summed E-state index contributed by atoms with van der Waals surface area (Å²) < 4.78 is 5.34. The molecular formula is C14H29IN4O2. The minimum absolute atomic E-state index is 0. The molecule has 0 heterocycles. The van der Waals surface area contributed by atoms with Crippen molar-refractivity contribution in [1.82, 2.24) is 9.80 Å². The summed E-state index contributed by atoms with van der Waals surface area (Å²) in [6.45, 7) is 9.12. The number of hydrogen-bond acceptors (Lipinski definition) is 3. The van der Waals surface area contributed by atoms with Crippen LogP contribution in [0.2, 0.25) is 0 Å². The van der Waals surface area contributed by atoms with E-state index in [1.54, 1.807) is 4.90 Å². The molecule has 124 valence electrons. The third-order valence-corrected chi connectivity index (χ3v) is 3.13. The molecule has 6 nitrogen and oxygen atoms in total. The number of likely N-dealkylation sites (N-methyl/N-ethyl adjacent to an activating group) is 1. The number of ether oxygens (including phenoxy) is 1. The van der Waals surface area contributed by atoms with Crippen molar-refractivity contribution in [2.75, 3.05) is 26.7 Å². The van der Waals surface area contributed by atoms with E-state index in [1.807, 2.05) is 39.6 Å². The molecular weight excluding hydrogens is 383 g/mol. The molecule has 0 aliphatic heterocycles. The fourth-order valence-electron chi connectivity index (χ4n) is 1.75. The average Bonchev–Trinajstić information content (AvgIpc) is 3.15. The van der Waals surface area contributed by atoms with Gasteiger partial charge in [0.1, 0.15) is 5.60 Å². The van der Waals surface area contributed by atoms with E-state index in [9.17, 15) is 4.79 Å². The van der Waals surface area contributed by atoms with Crippen molar-refractivity contribution in [1.29, 1.82) is 0 Å². The quantitative estimate of drug-likeness (QED) is 0.427. The molecule has 1 amide bonds. The normalized spacial score (nSPS) is 15.2. The Hall–Kier alpha value is -0.730. The van der Waals surface area contributed by atoms with Crippen LogP contribution < -0.4 is 5.73 Å². The Balaban J connectivity index is 0.00000400. The Morgan fingerprint density at radius 1 is 1.38 bits per heavy atom. The van der Waals surface area contributed by atoms with Crippen LogP contribution in [-0.4, -0.2) is 60.2 Å². The van der Waals surface area contributed by atoms with Gasteiger partial charge in [0.2, 0.25) is 0 Å². The number of amides is 1. The minimum Gasteiger partial charge on any atom is -0.444 e. The maximum atomic E-state index is 11.9. The van der Waals surface area contributed by atoms with Gasteiger partial charge in [0.25, 0.3) is 0 Å². The Morgan fingerprint density at radius 3 is 2.38 bits per heavy atom. The van der Waals surface area contributed by atoms with Crippen LogP contribution in [0.15, 0.2) is 4.99 Å². The lowest BCUT2D eigenvalue weighted by atomic mass is 10.2. The number of rotatable bonds is 5. The number of hydrogen-bond donors (Lipinski definition) is 1. The van der Waals surface area contributed by atoms with Gasteiger partial charge in [0.05, 0.1) is 6.54 Å². The first-order valence-corrected chi connectivity index (χ1v) is 7.25. The van der Waals surface area contributed by atoms with Crippen LogP contribution in [-0.2, 0) is 4.74 Å². The standard InChI is InChI=1S/C14H28N4O2.HI/c1-6-18(13(19)20-14(2,3)4)10-9-16-12(15)17(5)11-7-8-11;/h11H,6-10H2,1-5H3,(H2,15,16);1H. The number of aliphatic imine (C=N–C) groups is 1. The molecule has 0 aromatic rings. The SMILES string of the molecule is CCN(CCN=C(N)N(C)C1CC1)C(=O)OC(C)(C)C.I. The Labute approximate surface area is 145 Å². The molecule has 0 spiro atoms. The van der Waals surface area contributed by atoms with Gasteiger partial charge >= 0.3 is 6.09 Å². The Bertz CT molecular complexity index is 364. The molecule has 1 aliphatic rings. The van der Waals surface area contributed by atoms with E-state index in [1.165, 1.54) is 12.8 Å². The summed E-state index contributed by atoms with van der Waals surface area (Å²) >= 11 is 0. The van der Waals surface area contributed by atoms with Crippen LogP contribution in [0.1, 0.15) is 40.5 Å². The number of nitrogens with zero attached hydrogens (tertiary/aromatic N) is 3. The van der Waals surface area contributed by atoms with E-state index >= 15 is 0 Å². The summed E-state index contributed by atoms with van der Waals surface area (Å²) in [4.78, 5) is 19.9. The van der Waals surface area contributed by atoms with Crippen molar-refractivity contribution in [2.24, 2.45) is 10.7 Å². The number of guanidine groups is 1. The second kappa shape index (κ2) is 8.65. The van der Waals surface area contributed by atoms with Crippen molar-refractivity contribution >= 4 is 36.0 Å². The maximum Gasteiger partial charge on any atom is 0.410 e. The van der Waals surface area contributed by atoms with Crippen LogP contribution in [0.5, 0.6) is 0 Å². The molecule has 0 aromatic carbocycles. The third-order valence-electron chi connectivity index (χ3n) is 3.13. The zero-order valence-electron chi connectivity index (χ0n) is 13.8. The summed E-state index contributed by atoms with van der Waals surface area (Å²) in [7, 11) is 1.96. The van der Waals surface area contributed by atoms with E-state index in [4.69, 9.17) is 10.5 Å². The van der Waals surface area contributed by atoms with Crippen molar-refractivity contribution in [3.63, 3.8) is 0 Å². The smallest absolute Gasteiger partial charge is 0.410 e. The summed E-state index contributed by atoms with van der Waals surface area (Å²) in [5, 5.41) is 0. The first-order chi connectivity index (χ1) is 9.24. The summed E-state index contributed by atoms with van der Waals surface area (Å²) in [6, 6.07) is 0.548. The van der Waals surface area contributed by atoms with E-state index in [-0.39, 0.29) is 30.1 Å². The highest BCUT2D eigenvalue weighted by Gasteiger charge is 2.27. The zero-order valence-corrected chi connectivity index (χ0v) is 16.1. The van der Waals surface area contributed by atoms with Gasteiger partial charge in [-0.1, -0.05) is 0 Å². The molecule has 0 radical (unpaired) electrons. The largest absolute Gasteiger partial charge is 0.444 e. The third kappa shape index (κ3) is 7.73. The first-order valence-electron chi connectivity index (χ1n) is 7.25. The van der Waals surface area contributed by atoms with Gasteiger partial charge in [0, 0.05) is 26.2 Å². The lowest BCUT2D eigenvalue weighted by Crippen LogP contribution is -2.39. The van der Waals surface area contributed by atoms with Gasteiger partial charge in [-0.3, -0.25) is 4.99 Å². The fourth-order valence-corrected chi connectivity index (χ4v) is 1.75. The van der Waals surface area contributed by atoms with Crippen LogP contribution >= 0.6 is 24.0 Å². The van der Waals surface area contributed by atoms with Gasteiger partial charge in [-0.25, -0.2) is 4.79 Å². The Kier molecular flexibility index (Phi) is 8.35. The van der Waals surface area contributed by atoms with E-state index in [0.29, 0.717) is 31.6 Å². The number of carbonyl (C=O) groups excluding carboxylic acids is 1. The molecule has 1 aliphatic carbocycles. The first kappa shape index (κ1) is 20.3. The lowest BCUT2D eigenvalue weighted by Gasteiger charge is -2.26. The second-order valence-corrected chi connectivity index (χ2v) is 6.14. The maximum absolute atomic E-state index is 11.9. The molecule has 1 fully saturated rings. The highest BCUT2D eigenvalue weighted by atomic mass is 127. The van der Waals surface area contributed by atoms with Gasteiger partial charge in [-0.15, -0.1) is 24.0 Å². The van der Waals surface area contributed by atoms with Gasteiger partial charge in [0.15, 0.2) is 5.96 Å². The molecule has 1 saturated carbocycles. The molecule has 1 rings (SSSR count). The average molecular weight is 412 g/mol. The molecule has 7 heteroatoms. The number of carbonyl (C=O) groups is 1. The highest BCUT2D eigenvalue weighted by Crippen LogP contribution is 2.24. The molecule has 0 saturated heterocycles. The van der Waals surface area contributed by atoms with E-state index in [0.717, 1.165) is 0 Å². The van der Waals surface area contributed by atoms with Crippen LogP contribution in [0.25, 0.3) is 0 Å². The van der Waals surface area contributed by atoms with Crippen LogP contribution in [0, 0.1) is 0 Å². The molecule has 0 atom stereocenters. The molecule has 2 N–H and O–H groups in total. The van der Waals surface area contributed by atoms with E-state index in [2.05, 4.69) is 4.99 Å². The van der Waals surface area contributed by atoms with E-state index < -0.39 is 5.60 Å². The van der Waals surface area contributed by atoms with Crippen LogP contribution in [0.4, 0.5) is 4.79 Å². The van der Waals surface area contributed by atoms with Crippen molar-refractivity contribution < 1.29 is 9.53 Å². The van der Waals surface area contributed by atoms with Gasteiger partial charge in [-0.05, 0) is 40.5 Å². The predicted octanol–water partition coefficient (Wildman–Crippen LogP) is 2.27. The monoisotopic (exact) mass is 412 g/mol. The molecule has 0 bridgehead atoms. The Morgan fingerprint density at radius 2 is 1.95 bits per heavy atom. The minimum atomic E-state index is -0.473. The van der Waals surface area contributed by atoms with Crippen molar-refractivity contribution in [3.8, 4) is 0 Å². The molecule has 21 heavy (non-hydrogen) atoms. The lowest BCUT2D eigenvalue weighted by molar-refractivity contribution is 0.0266. The number of nitrogens with two attached hydrogens (primary N) is 1. The van der Waals surface area contributed by atoms with Gasteiger partial charge < -0.3 is 20.3 Å².